The van der Waals surface area contributed by atoms with Crippen molar-refractivity contribution in [2.24, 2.45) is 0 Å². The second-order valence-electron chi connectivity index (χ2n) is 4.06. The molecular formula is C16H10O4. The van der Waals surface area contributed by atoms with Crippen molar-refractivity contribution >= 4 is 11.9 Å². The van der Waals surface area contributed by atoms with E-state index < -0.39 is 11.9 Å². The molecule has 98 valence electrons. The highest BCUT2D eigenvalue weighted by atomic mass is 16.4. The third-order valence-corrected chi connectivity index (χ3v) is 2.88. The molecule has 0 aliphatic heterocycles. The van der Waals surface area contributed by atoms with Gasteiger partial charge in [-0.3, -0.25) is 0 Å². The van der Waals surface area contributed by atoms with Gasteiger partial charge in [0.15, 0.2) is 0 Å². The maximum atomic E-state index is 10.7. The van der Waals surface area contributed by atoms with Crippen molar-refractivity contribution in [2.45, 2.75) is 0 Å². The molecule has 0 saturated heterocycles. The third-order valence-electron chi connectivity index (χ3n) is 2.88. The van der Waals surface area contributed by atoms with Gasteiger partial charge in [0.2, 0.25) is 0 Å². The minimum atomic E-state index is -1.34. The van der Waals surface area contributed by atoms with E-state index in [1.165, 1.54) is 29.3 Å². The summed E-state index contributed by atoms with van der Waals surface area (Å²) in [6.07, 6.45) is 5.05. The number of benzene rings is 2. The SMILES string of the molecule is C#Cc1cccc(C(=O)O)c1C(=O)O.c1cc2ccc1-2. The van der Waals surface area contributed by atoms with Crippen molar-refractivity contribution in [3.05, 3.63) is 59.2 Å². The van der Waals surface area contributed by atoms with E-state index in [-0.39, 0.29) is 16.7 Å². The molecule has 1 aromatic rings. The average molecular weight is 266 g/mol. The number of terminal acetylenes is 1. The number of aromatic carboxylic acids is 2. The molecule has 0 atom stereocenters. The number of fused-ring (bicyclic) bond motifs is 1. The molecule has 2 aliphatic carbocycles. The Morgan fingerprint density at radius 2 is 1.45 bits per heavy atom. The lowest BCUT2D eigenvalue weighted by molar-refractivity contribution is 0.0651. The first-order valence-corrected chi connectivity index (χ1v) is 5.71. The summed E-state index contributed by atoms with van der Waals surface area (Å²) in [6.45, 7) is 0. The Hall–Kier alpha value is -3.06. The highest BCUT2D eigenvalue weighted by Gasteiger charge is 2.18. The van der Waals surface area contributed by atoms with Gasteiger partial charge in [-0.25, -0.2) is 9.59 Å². The summed E-state index contributed by atoms with van der Waals surface area (Å²) in [5.41, 5.74) is 2.28. The van der Waals surface area contributed by atoms with Crippen LogP contribution in [0.3, 0.4) is 0 Å². The number of hydrogen-bond donors (Lipinski definition) is 2. The number of carboxylic acid groups (broad SMARTS) is 2. The molecule has 2 aliphatic rings. The number of rotatable bonds is 2. The van der Waals surface area contributed by atoms with E-state index in [0.717, 1.165) is 0 Å². The Labute approximate surface area is 115 Å². The molecule has 0 bridgehead atoms. The van der Waals surface area contributed by atoms with Crippen LogP contribution in [0.5, 0.6) is 0 Å². The zero-order chi connectivity index (χ0) is 14.7. The van der Waals surface area contributed by atoms with Crippen LogP contribution in [0.1, 0.15) is 26.3 Å². The summed E-state index contributed by atoms with van der Waals surface area (Å²) in [6, 6.07) is 12.5. The lowest BCUT2D eigenvalue weighted by atomic mass is 9.95. The topological polar surface area (TPSA) is 74.6 Å². The molecule has 4 nitrogen and oxygen atoms in total. The Kier molecular flexibility index (Phi) is 3.54. The lowest BCUT2D eigenvalue weighted by Gasteiger charge is -2.10. The highest BCUT2D eigenvalue weighted by Crippen LogP contribution is 2.29. The molecule has 0 aromatic heterocycles. The molecule has 2 N–H and O–H groups in total. The summed E-state index contributed by atoms with van der Waals surface area (Å²) in [5, 5.41) is 17.5. The van der Waals surface area contributed by atoms with Gasteiger partial charge in [0.1, 0.15) is 0 Å². The van der Waals surface area contributed by atoms with E-state index in [4.69, 9.17) is 16.6 Å². The molecule has 0 spiro atoms. The van der Waals surface area contributed by atoms with Crippen molar-refractivity contribution in [3.63, 3.8) is 0 Å². The van der Waals surface area contributed by atoms with Crippen molar-refractivity contribution < 1.29 is 19.8 Å². The normalized spacial score (nSPS) is 9.75. The van der Waals surface area contributed by atoms with Crippen LogP contribution in [0.4, 0.5) is 0 Å². The Balaban J connectivity index is 0.000000198. The van der Waals surface area contributed by atoms with Crippen LogP contribution in [0.25, 0.3) is 11.1 Å². The largest absolute Gasteiger partial charge is 0.478 e. The Morgan fingerprint density at radius 3 is 1.75 bits per heavy atom. The summed E-state index contributed by atoms with van der Waals surface area (Å²) < 4.78 is 0. The molecule has 0 amide bonds. The lowest BCUT2D eigenvalue weighted by Crippen LogP contribution is -2.10. The molecule has 20 heavy (non-hydrogen) atoms. The van der Waals surface area contributed by atoms with Crippen molar-refractivity contribution in [1.82, 2.24) is 0 Å². The first-order chi connectivity index (χ1) is 9.54. The molecule has 1 aromatic carbocycles. The second kappa shape index (κ2) is 5.29. The van der Waals surface area contributed by atoms with E-state index in [9.17, 15) is 9.59 Å². The zero-order valence-corrected chi connectivity index (χ0v) is 10.3. The number of carbonyl (C=O) groups is 2. The van der Waals surface area contributed by atoms with Crippen LogP contribution >= 0.6 is 0 Å². The van der Waals surface area contributed by atoms with Crippen LogP contribution in [0.15, 0.2) is 42.5 Å². The summed E-state index contributed by atoms with van der Waals surface area (Å²) >= 11 is 0. The first-order valence-electron chi connectivity index (χ1n) is 5.71. The van der Waals surface area contributed by atoms with Crippen LogP contribution in [0, 0.1) is 12.3 Å². The molecule has 4 heteroatoms. The first kappa shape index (κ1) is 13.4. The summed E-state index contributed by atoms with van der Waals surface area (Å²) in [5.74, 6) is -0.515. The average Bonchev–Trinajstić information content (AvgIpc) is 2.42. The summed E-state index contributed by atoms with van der Waals surface area (Å²) in [4.78, 5) is 21.4. The molecule has 0 radical (unpaired) electrons. The molecule has 0 saturated carbocycles. The van der Waals surface area contributed by atoms with Gasteiger partial charge in [-0.15, -0.1) is 6.42 Å². The van der Waals surface area contributed by atoms with Crippen LogP contribution in [-0.4, -0.2) is 22.2 Å². The smallest absolute Gasteiger partial charge is 0.337 e. The van der Waals surface area contributed by atoms with E-state index >= 15 is 0 Å². The fraction of sp³-hybridized carbons (Fsp3) is 0. The van der Waals surface area contributed by atoms with Gasteiger partial charge in [0.05, 0.1) is 11.1 Å². The fourth-order valence-corrected chi connectivity index (χ4v) is 1.74. The van der Waals surface area contributed by atoms with Gasteiger partial charge in [-0.1, -0.05) is 36.3 Å². The van der Waals surface area contributed by atoms with E-state index in [1.807, 2.05) is 0 Å². The third kappa shape index (κ3) is 2.38. The maximum absolute atomic E-state index is 10.7. The fourth-order valence-electron chi connectivity index (χ4n) is 1.74. The summed E-state index contributed by atoms with van der Waals surface area (Å²) in [7, 11) is 0. The predicted molar refractivity (Wildman–Crippen MR) is 73.7 cm³/mol. The highest BCUT2D eigenvalue weighted by molar-refractivity contribution is 6.03. The van der Waals surface area contributed by atoms with E-state index in [1.54, 1.807) is 0 Å². The van der Waals surface area contributed by atoms with Crippen molar-refractivity contribution in [3.8, 4) is 23.5 Å². The van der Waals surface area contributed by atoms with Crippen LogP contribution < -0.4 is 0 Å². The maximum Gasteiger partial charge on any atom is 0.337 e. The van der Waals surface area contributed by atoms with Crippen molar-refractivity contribution in [2.75, 3.05) is 0 Å². The Bertz CT molecular complexity index is 700. The zero-order valence-electron chi connectivity index (χ0n) is 10.3. The Morgan fingerprint density at radius 1 is 0.900 bits per heavy atom. The monoisotopic (exact) mass is 266 g/mol. The molecule has 0 heterocycles. The quantitative estimate of drug-likeness (QED) is 0.699. The van der Waals surface area contributed by atoms with E-state index in [0.29, 0.717) is 0 Å². The standard InChI is InChI=1S/C10H6O4.C6H4/c1-2-6-4-3-5-7(9(11)12)8(6)10(13)14;1-2-6-4-3-5(1)6/h1,3-5H,(H,11,12)(H,13,14);1-4H. The van der Waals surface area contributed by atoms with Crippen LogP contribution in [-0.2, 0) is 0 Å². The minimum absolute atomic E-state index is 0.0670. The van der Waals surface area contributed by atoms with Gasteiger partial charge < -0.3 is 10.2 Å². The molecule has 0 unspecified atom stereocenters. The van der Waals surface area contributed by atoms with Gasteiger partial charge in [-0.05, 0) is 23.3 Å². The van der Waals surface area contributed by atoms with Crippen LogP contribution in [0.2, 0.25) is 0 Å². The van der Waals surface area contributed by atoms with E-state index in [2.05, 4.69) is 30.2 Å². The van der Waals surface area contributed by atoms with Gasteiger partial charge >= 0.3 is 11.9 Å². The minimum Gasteiger partial charge on any atom is -0.478 e. The van der Waals surface area contributed by atoms with Gasteiger partial charge in [-0.2, -0.15) is 0 Å². The number of carboxylic acids is 2. The molecule has 0 fully saturated rings. The number of hydrogen-bond acceptors (Lipinski definition) is 2. The van der Waals surface area contributed by atoms with Gasteiger partial charge in [0, 0.05) is 5.56 Å². The molecular weight excluding hydrogens is 256 g/mol. The second-order valence-corrected chi connectivity index (χ2v) is 4.06. The molecule has 3 rings (SSSR count). The van der Waals surface area contributed by atoms with Gasteiger partial charge in [0.25, 0.3) is 0 Å². The van der Waals surface area contributed by atoms with Crippen molar-refractivity contribution in [1.29, 1.82) is 0 Å². The predicted octanol–water partition coefficient (Wildman–Crippen LogP) is 2.73.